The molecule has 9 heteroatoms. The van der Waals surface area contributed by atoms with Crippen LogP contribution in [-0.4, -0.2) is 41.5 Å². The van der Waals surface area contributed by atoms with E-state index in [2.05, 4.69) is 27.5 Å². The van der Waals surface area contributed by atoms with Gasteiger partial charge in [-0.25, -0.2) is 0 Å². The maximum Gasteiger partial charge on any atom is 0.258 e. The van der Waals surface area contributed by atoms with Crippen LogP contribution in [-0.2, 0) is 9.59 Å². The molecule has 0 spiro atoms. The summed E-state index contributed by atoms with van der Waals surface area (Å²) in [5.41, 5.74) is 0.266. The second-order valence-electron chi connectivity index (χ2n) is 8.04. The average Bonchev–Trinajstić information content (AvgIpc) is 2.75. The lowest BCUT2D eigenvalue weighted by Gasteiger charge is -2.31. The molecule has 0 saturated carbocycles. The van der Waals surface area contributed by atoms with E-state index >= 15 is 0 Å². The lowest BCUT2D eigenvalue weighted by atomic mass is 9.92. The fraction of sp³-hybridized carbons (Fsp3) is 0.455. The minimum Gasteiger partial charge on any atom is -0.492 e. The van der Waals surface area contributed by atoms with Crippen molar-refractivity contribution in [3.63, 3.8) is 0 Å². The molecule has 1 saturated heterocycles. The van der Waals surface area contributed by atoms with Crippen LogP contribution in [0.4, 0.5) is 17.5 Å². The lowest BCUT2D eigenvalue weighted by molar-refractivity contribution is -0.123. The highest BCUT2D eigenvalue weighted by atomic mass is 16.5. The SMILES string of the molecule is CCOc1ccccc1NC(=O)[C@H]1CC(=O)Nc2nc(N3CCC(C)CC3)[nH]c(=O)c21. The molecule has 1 aromatic carbocycles. The summed E-state index contributed by atoms with van der Waals surface area (Å²) in [6, 6.07) is 7.05. The van der Waals surface area contributed by atoms with Crippen LogP contribution in [0, 0.1) is 5.92 Å². The van der Waals surface area contributed by atoms with E-state index in [1.54, 1.807) is 18.2 Å². The number of H-pyrrole nitrogens is 1. The number of aromatic amines is 1. The van der Waals surface area contributed by atoms with Crippen molar-refractivity contribution in [3.8, 4) is 5.75 Å². The highest BCUT2D eigenvalue weighted by molar-refractivity contribution is 6.04. The number of rotatable bonds is 5. The van der Waals surface area contributed by atoms with Gasteiger partial charge in [-0.1, -0.05) is 19.1 Å². The number of hydrogen-bond donors (Lipinski definition) is 3. The molecule has 3 N–H and O–H groups in total. The van der Waals surface area contributed by atoms with Crippen molar-refractivity contribution in [1.82, 2.24) is 9.97 Å². The lowest BCUT2D eigenvalue weighted by Crippen LogP contribution is -2.39. The first-order valence-electron chi connectivity index (χ1n) is 10.7. The minimum atomic E-state index is -0.940. The quantitative estimate of drug-likeness (QED) is 0.678. The van der Waals surface area contributed by atoms with E-state index in [1.807, 2.05) is 17.9 Å². The number of fused-ring (bicyclic) bond motifs is 1. The number of piperidine rings is 1. The summed E-state index contributed by atoms with van der Waals surface area (Å²) in [5.74, 6) is 0.0151. The molecule has 0 aliphatic carbocycles. The molecule has 1 fully saturated rings. The zero-order valence-corrected chi connectivity index (χ0v) is 17.7. The first kappa shape index (κ1) is 20.9. The molecule has 0 radical (unpaired) electrons. The van der Waals surface area contributed by atoms with Crippen molar-refractivity contribution >= 4 is 29.3 Å². The minimum absolute atomic E-state index is 0.124. The third kappa shape index (κ3) is 4.40. The molecule has 1 aromatic heterocycles. The summed E-state index contributed by atoms with van der Waals surface area (Å²) >= 11 is 0. The number of aromatic nitrogens is 2. The Balaban J connectivity index is 1.62. The third-order valence-electron chi connectivity index (χ3n) is 5.78. The monoisotopic (exact) mass is 425 g/mol. The van der Waals surface area contributed by atoms with Crippen LogP contribution in [0.25, 0.3) is 0 Å². The molecule has 0 unspecified atom stereocenters. The van der Waals surface area contributed by atoms with Crippen molar-refractivity contribution in [2.45, 2.75) is 39.0 Å². The van der Waals surface area contributed by atoms with E-state index in [1.165, 1.54) is 0 Å². The second kappa shape index (κ2) is 8.79. The molecular weight excluding hydrogens is 398 g/mol. The van der Waals surface area contributed by atoms with Crippen molar-refractivity contribution in [1.29, 1.82) is 0 Å². The smallest absolute Gasteiger partial charge is 0.258 e. The molecule has 2 aliphatic heterocycles. The highest BCUT2D eigenvalue weighted by Crippen LogP contribution is 2.32. The van der Waals surface area contributed by atoms with Crippen LogP contribution in [0.15, 0.2) is 29.1 Å². The Morgan fingerprint density at radius 2 is 2.00 bits per heavy atom. The van der Waals surface area contributed by atoms with Gasteiger partial charge >= 0.3 is 0 Å². The Morgan fingerprint density at radius 3 is 2.74 bits per heavy atom. The van der Waals surface area contributed by atoms with Gasteiger partial charge in [0.1, 0.15) is 11.6 Å². The first-order valence-corrected chi connectivity index (χ1v) is 10.7. The predicted octanol–water partition coefficient (Wildman–Crippen LogP) is 2.47. The molecule has 9 nitrogen and oxygen atoms in total. The van der Waals surface area contributed by atoms with E-state index in [0.29, 0.717) is 29.9 Å². The number of ether oxygens (including phenoxy) is 1. The first-order chi connectivity index (χ1) is 15.0. The van der Waals surface area contributed by atoms with Gasteiger partial charge in [0, 0.05) is 19.5 Å². The number of benzene rings is 1. The molecular formula is C22H27N5O4. The number of para-hydroxylation sites is 2. The number of nitrogens with zero attached hydrogens (tertiary/aromatic N) is 2. The van der Waals surface area contributed by atoms with Crippen LogP contribution in [0.3, 0.4) is 0 Å². The van der Waals surface area contributed by atoms with Crippen molar-refractivity contribution in [2.75, 3.05) is 35.2 Å². The number of nitrogens with one attached hydrogen (secondary N) is 3. The molecule has 2 amide bonds. The van der Waals surface area contributed by atoms with Crippen molar-refractivity contribution in [2.24, 2.45) is 5.92 Å². The number of amides is 2. The van der Waals surface area contributed by atoms with E-state index < -0.39 is 17.4 Å². The molecule has 31 heavy (non-hydrogen) atoms. The summed E-state index contributed by atoms with van der Waals surface area (Å²) in [5, 5.41) is 5.47. The van der Waals surface area contributed by atoms with Crippen LogP contribution in [0.5, 0.6) is 5.75 Å². The summed E-state index contributed by atoms with van der Waals surface area (Å²) < 4.78 is 5.55. The molecule has 2 aliphatic rings. The summed E-state index contributed by atoms with van der Waals surface area (Å²) in [4.78, 5) is 47.7. The number of carbonyl (C=O) groups is 2. The van der Waals surface area contributed by atoms with Crippen LogP contribution in [0.2, 0.25) is 0 Å². The van der Waals surface area contributed by atoms with E-state index in [0.717, 1.165) is 25.9 Å². The molecule has 0 bridgehead atoms. The van der Waals surface area contributed by atoms with Gasteiger partial charge in [0.05, 0.1) is 23.8 Å². The number of anilines is 3. The van der Waals surface area contributed by atoms with Gasteiger partial charge in [0.15, 0.2) is 0 Å². The zero-order chi connectivity index (χ0) is 22.0. The Morgan fingerprint density at radius 1 is 1.26 bits per heavy atom. The van der Waals surface area contributed by atoms with E-state index in [-0.39, 0.29) is 23.7 Å². The second-order valence-corrected chi connectivity index (χ2v) is 8.04. The Bertz CT molecular complexity index is 1040. The summed E-state index contributed by atoms with van der Waals surface area (Å²) in [6.45, 7) is 6.08. The maximum atomic E-state index is 13.1. The van der Waals surface area contributed by atoms with Gasteiger partial charge in [0.2, 0.25) is 17.8 Å². The summed E-state index contributed by atoms with van der Waals surface area (Å²) in [7, 11) is 0. The summed E-state index contributed by atoms with van der Waals surface area (Å²) in [6.07, 6.45) is 1.90. The molecule has 4 rings (SSSR count). The maximum absolute atomic E-state index is 13.1. The van der Waals surface area contributed by atoms with Gasteiger partial charge in [-0.2, -0.15) is 4.98 Å². The topological polar surface area (TPSA) is 116 Å². The van der Waals surface area contributed by atoms with E-state index in [9.17, 15) is 14.4 Å². The van der Waals surface area contributed by atoms with Crippen molar-refractivity contribution in [3.05, 3.63) is 40.2 Å². The molecule has 3 heterocycles. The van der Waals surface area contributed by atoms with Gasteiger partial charge < -0.3 is 20.3 Å². The Kier molecular flexibility index (Phi) is 5.92. The molecule has 164 valence electrons. The fourth-order valence-electron chi connectivity index (χ4n) is 4.02. The van der Waals surface area contributed by atoms with Gasteiger partial charge in [-0.3, -0.25) is 19.4 Å². The number of carbonyl (C=O) groups excluding carboxylic acids is 2. The van der Waals surface area contributed by atoms with Crippen LogP contribution in [0.1, 0.15) is 44.6 Å². The third-order valence-corrected chi connectivity index (χ3v) is 5.78. The largest absolute Gasteiger partial charge is 0.492 e. The van der Waals surface area contributed by atoms with E-state index in [4.69, 9.17) is 4.74 Å². The highest BCUT2D eigenvalue weighted by Gasteiger charge is 2.35. The molecule has 2 aromatic rings. The fourth-order valence-corrected chi connectivity index (χ4v) is 4.02. The van der Waals surface area contributed by atoms with Gasteiger partial charge in [-0.05, 0) is 37.8 Å². The average molecular weight is 425 g/mol. The van der Waals surface area contributed by atoms with Gasteiger partial charge in [-0.15, -0.1) is 0 Å². The Labute approximate surface area is 180 Å². The van der Waals surface area contributed by atoms with Crippen LogP contribution >= 0.6 is 0 Å². The van der Waals surface area contributed by atoms with Crippen molar-refractivity contribution < 1.29 is 14.3 Å². The van der Waals surface area contributed by atoms with Gasteiger partial charge in [0.25, 0.3) is 5.56 Å². The van der Waals surface area contributed by atoms with Crippen LogP contribution < -0.4 is 25.8 Å². The Hall–Kier alpha value is -3.36. The normalized spacial score (nSPS) is 18.8. The zero-order valence-electron chi connectivity index (χ0n) is 17.7. The standard InChI is InChI=1S/C22H27N5O4/c1-3-31-16-7-5-4-6-15(16)23-20(29)14-12-17(28)24-19-18(14)21(30)26-22(25-19)27-10-8-13(2)9-11-27/h4-7,13-14H,3,8-12H2,1-2H3,(H,23,29)(H2,24,25,26,28,30)/t14-/m0/s1. The predicted molar refractivity (Wildman–Crippen MR) is 118 cm³/mol. The molecule has 1 atom stereocenters. The number of hydrogen-bond acceptors (Lipinski definition) is 6.